The largest absolute Gasteiger partial charge is 0.441 e. The number of carbonyl (C=O) groups is 1. The Kier molecular flexibility index (Phi) is 5.66. The number of anilines is 1. The van der Waals surface area contributed by atoms with Crippen LogP contribution < -0.4 is 5.32 Å². The third-order valence-electron chi connectivity index (χ3n) is 5.02. The molecular formula is C24H23FN4O2. The van der Waals surface area contributed by atoms with E-state index in [0.717, 1.165) is 28.4 Å². The smallest absolute Gasteiger partial charge is 0.228 e. The first-order valence-electron chi connectivity index (χ1n) is 10.00. The molecule has 2 heterocycles. The van der Waals surface area contributed by atoms with Gasteiger partial charge in [-0.2, -0.15) is 5.10 Å². The Morgan fingerprint density at radius 2 is 1.84 bits per heavy atom. The van der Waals surface area contributed by atoms with Crippen molar-refractivity contribution in [2.45, 2.75) is 33.7 Å². The molecule has 0 fully saturated rings. The summed E-state index contributed by atoms with van der Waals surface area (Å²) in [7, 11) is 0. The number of aryl methyl sites for hydroxylation is 3. The zero-order chi connectivity index (χ0) is 22.0. The zero-order valence-corrected chi connectivity index (χ0v) is 17.6. The summed E-state index contributed by atoms with van der Waals surface area (Å²) in [5.41, 5.74) is 4.64. The summed E-state index contributed by atoms with van der Waals surface area (Å²) in [6.07, 6.45) is -0.0248. The van der Waals surface area contributed by atoms with E-state index < -0.39 is 0 Å². The highest BCUT2D eigenvalue weighted by atomic mass is 19.1. The molecule has 0 unspecified atom stereocenters. The number of oxazole rings is 1. The third kappa shape index (κ3) is 4.71. The quantitative estimate of drug-likeness (QED) is 0.487. The van der Waals surface area contributed by atoms with Crippen LogP contribution in [0.15, 0.2) is 59.0 Å². The number of benzene rings is 2. The van der Waals surface area contributed by atoms with E-state index in [-0.39, 0.29) is 18.1 Å². The van der Waals surface area contributed by atoms with Crippen molar-refractivity contribution >= 4 is 11.6 Å². The fraction of sp³-hybridized carbons (Fsp3) is 0.208. The lowest BCUT2D eigenvalue weighted by atomic mass is 10.1. The predicted molar refractivity (Wildman–Crippen MR) is 116 cm³/mol. The van der Waals surface area contributed by atoms with Gasteiger partial charge in [0.15, 0.2) is 0 Å². The van der Waals surface area contributed by atoms with Gasteiger partial charge < -0.3 is 9.73 Å². The number of halogens is 1. The summed E-state index contributed by atoms with van der Waals surface area (Å²) in [6, 6.07) is 15.5. The third-order valence-corrected chi connectivity index (χ3v) is 5.02. The lowest BCUT2D eigenvalue weighted by Gasteiger charge is -2.06. The molecule has 7 heteroatoms. The monoisotopic (exact) mass is 418 g/mol. The predicted octanol–water partition coefficient (Wildman–Crippen LogP) is 4.83. The van der Waals surface area contributed by atoms with Gasteiger partial charge in [0.25, 0.3) is 0 Å². The van der Waals surface area contributed by atoms with Gasteiger partial charge in [0.1, 0.15) is 17.3 Å². The van der Waals surface area contributed by atoms with Crippen LogP contribution in [0.3, 0.4) is 0 Å². The van der Waals surface area contributed by atoms with Crippen molar-refractivity contribution in [2.24, 2.45) is 0 Å². The number of aromatic nitrogens is 3. The molecule has 2 aromatic carbocycles. The number of hydrogen-bond donors (Lipinski definition) is 1. The minimum absolute atomic E-state index is 0.0248. The average Bonchev–Trinajstić information content (AvgIpc) is 3.25. The second-order valence-electron chi connectivity index (χ2n) is 7.50. The summed E-state index contributed by atoms with van der Waals surface area (Å²) < 4.78 is 21.5. The Balaban J connectivity index is 1.44. The average molecular weight is 418 g/mol. The number of amides is 1. The van der Waals surface area contributed by atoms with Gasteiger partial charge >= 0.3 is 0 Å². The van der Waals surface area contributed by atoms with E-state index in [0.29, 0.717) is 23.7 Å². The maximum atomic E-state index is 13.7. The molecule has 0 radical (unpaired) electrons. The van der Waals surface area contributed by atoms with Gasteiger partial charge in [-0.1, -0.05) is 18.2 Å². The highest BCUT2D eigenvalue weighted by Gasteiger charge is 2.14. The first-order chi connectivity index (χ1) is 14.9. The summed E-state index contributed by atoms with van der Waals surface area (Å²) in [5, 5.41) is 7.26. The Bertz CT molecular complexity index is 1220. The number of carbonyl (C=O) groups excluding carboxylic acids is 1. The van der Waals surface area contributed by atoms with Gasteiger partial charge in [-0.25, -0.2) is 9.37 Å². The van der Waals surface area contributed by atoms with Crippen molar-refractivity contribution in [1.29, 1.82) is 0 Å². The highest BCUT2D eigenvalue weighted by Crippen LogP contribution is 2.24. The van der Waals surface area contributed by atoms with Crippen molar-refractivity contribution in [3.05, 3.63) is 88.8 Å². The number of nitrogens with one attached hydrogen (secondary N) is 1. The molecule has 0 atom stereocenters. The van der Waals surface area contributed by atoms with Crippen molar-refractivity contribution < 1.29 is 13.6 Å². The van der Waals surface area contributed by atoms with E-state index in [9.17, 15) is 9.18 Å². The van der Waals surface area contributed by atoms with Crippen molar-refractivity contribution in [3.63, 3.8) is 0 Å². The molecule has 0 spiro atoms. The van der Waals surface area contributed by atoms with Crippen LogP contribution in [0.4, 0.5) is 10.1 Å². The molecule has 4 aromatic rings. The molecule has 158 valence electrons. The van der Waals surface area contributed by atoms with Crippen molar-refractivity contribution in [1.82, 2.24) is 14.8 Å². The van der Waals surface area contributed by atoms with Crippen LogP contribution in [0.1, 0.15) is 28.4 Å². The van der Waals surface area contributed by atoms with E-state index in [1.807, 2.05) is 43.7 Å². The van der Waals surface area contributed by atoms with Gasteiger partial charge in [0, 0.05) is 16.9 Å². The molecule has 6 nitrogen and oxygen atoms in total. The van der Waals surface area contributed by atoms with Crippen LogP contribution in [0.5, 0.6) is 0 Å². The van der Waals surface area contributed by atoms with E-state index >= 15 is 0 Å². The van der Waals surface area contributed by atoms with Crippen LogP contribution in [0.2, 0.25) is 0 Å². The Labute approximate surface area is 179 Å². The molecule has 0 aliphatic carbocycles. The fourth-order valence-corrected chi connectivity index (χ4v) is 3.39. The summed E-state index contributed by atoms with van der Waals surface area (Å²) in [4.78, 5) is 16.8. The maximum absolute atomic E-state index is 13.7. The molecule has 31 heavy (non-hydrogen) atoms. The van der Waals surface area contributed by atoms with Crippen molar-refractivity contribution in [3.8, 4) is 11.5 Å². The van der Waals surface area contributed by atoms with Crippen LogP contribution in [0.25, 0.3) is 11.5 Å². The second-order valence-corrected chi connectivity index (χ2v) is 7.50. The van der Waals surface area contributed by atoms with E-state index in [4.69, 9.17) is 4.42 Å². The summed E-state index contributed by atoms with van der Waals surface area (Å²) in [6.45, 7) is 6.39. The van der Waals surface area contributed by atoms with Crippen LogP contribution in [0, 0.1) is 26.6 Å². The normalized spacial score (nSPS) is 11.0. The molecule has 0 bridgehead atoms. The highest BCUT2D eigenvalue weighted by molar-refractivity contribution is 5.92. The van der Waals surface area contributed by atoms with E-state index in [1.54, 1.807) is 30.3 Å². The number of nitrogens with zero attached hydrogens (tertiary/aromatic N) is 3. The fourth-order valence-electron chi connectivity index (χ4n) is 3.39. The molecular weight excluding hydrogens is 395 g/mol. The van der Waals surface area contributed by atoms with Gasteiger partial charge in [-0.3, -0.25) is 9.48 Å². The SMILES string of the molecule is Cc1cc(C)n(Cc2nc(-c3ccc(NC(=O)Cc4ccccc4F)cc3)oc2C)n1. The summed E-state index contributed by atoms with van der Waals surface area (Å²) in [5.74, 6) is 0.587. The van der Waals surface area contributed by atoms with Gasteiger partial charge in [0.05, 0.1) is 18.7 Å². The lowest BCUT2D eigenvalue weighted by molar-refractivity contribution is -0.115. The standard InChI is InChI=1S/C24H23FN4O2/c1-15-12-16(2)29(28-15)14-22-17(3)31-24(27-22)18-8-10-20(11-9-18)26-23(30)13-19-6-4-5-7-21(19)25/h4-12H,13-14H2,1-3H3,(H,26,30). The molecule has 0 saturated carbocycles. The Morgan fingerprint density at radius 1 is 1.10 bits per heavy atom. The van der Waals surface area contributed by atoms with Gasteiger partial charge in [-0.15, -0.1) is 0 Å². The second kappa shape index (κ2) is 8.55. The minimum Gasteiger partial charge on any atom is -0.441 e. The molecule has 4 rings (SSSR count). The number of rotatable bonds is 6. The summed E-state index contributed by atoms with van der Waals surface area (Å²) >= 11 is 0. The first-order valence-corrected chi connectivity index (χ1v) is 10.00. The molecule has 0 aliphatic rings. The van der Waals surface area contributed by atoms with E-state index in [1.165, 1.54) is 6.07 Å². The van der Waals surface area contributed by atoms with Crippen LogP contribution in [-0.2, 0) is 17.8 Å². The Hall–Kier alpha value is -3.74. The molecule has 2 aromatic heterocycles. The van der Waals surface area contributed by atoms with Gasteiger partial charge in [-0.05, 0) is 62.7 Å². The first kappa shape index (κ1) is 20.5. The lowest BCUT2D eigenvalue weighted by Crippen LogP contribution is -2.15. The van der Waals surface area contributed by atoms with Crippen LogP contribution >= 0.6 is 0 Å². The molecule has 0 aliphatic heterocycles. The molecule has 1 N–H and O–H groups in total. The maximum Gasteiger partial charge on any atom is 0.228 e. The minimum atomic E-state index is -0.386. The van der Waals surface area contributed by atoms with Crippen LogP contribution in [-0.4, -0.2) is 20.7 Å². The topological polar surface area (TPSA) is 73.0 Å². The van der Waals surface area contributed by atoms with E-state index in [2.05, 4.69) is 15.4 Å². The molecule has 0 saturated heterocycles. The molecule has 1 amide bonds. The van der Waals surface area contributed by atoms with Crippen molar-refractivity contribution in [2.75, 3.05) is 5.32 Å². The van der Waals surface area contributed by atoms with Gasteiger partial charge in [0.2, 0.25) is 11.8 Å². The Morgan fingerprint density at radius 3 is 2.52 bits per heavy atom. The zero-order valence-electron chi connectivity index (χ0n) is 17.6. The number of hydrogen-bond acceptors (Lipinski definition) is 4.